The Labute approximate surface area is 146 Å². The number of anilines is 1. The van der Waals surface area contributed by atoms with E-state index in [1.54, 1.807) is 12.3 Å². The second-order valence-corrected chi connectivity index (χ2v) is 7.65. The molecule has 132 valence electrons. The molecular formula is C17H19N3O4S. The number of nitrogens with two attached hydrogens (primary N) is 1. The van der Waals surface area contributed by atoms with E-state index >= 15 is 0 Å². The maximum absolute atomic E-state index is 11.9. The molecule has 1 unspecified atom stereocenters. The number of hydrogen-bond acceptors (Lipinski definition) is 6. The van der Waals surface area contributed by atoms with Crippen molar-refractivity contribution >= 4 is 15.8 Å². The average molecular weight is 361 g/mol. The molecule has 4 rings (SSSR count). The van der Waals surface area contributed by atoms with Crippen LogP contribution in [0.1, 0.15) is 24.4 Å². The molecule has 1 aromatic carbocycles. The van der Waals surface area contributed by atoms with Gasteiger partial charge < -0.3 is 14.4 Å². The lowest BCUT2D eigenvalue weighted by molar-refractivity contribution is 0.171. The fraction of sp³-hybridized carbons (Fsp3) is 0.353. The number of benzene rings is 1. The van der Waals surface area contributed by atoms with Gasteiger partial charge in [0.05, 0.1) is 6.04 Å². The Balaban J connectivity index is 1.73. The minimum absolute atomic E-state index is 0.0197. The highest BCUT2D eigenvalue weighted by molar-refractivity contribution is 7.89. The SMILES string of the molecule is NS(=O)(=O)c1cccnc1N1CCCC1c1ccc2c(c1)OCCO2. The predicted octanol–water partition coefficient (Wildman–Crippen LogP) is 1.84. The van der Waals surface area contributed by atoms with E-state index in [-0.39, 0.29) is 10.9 Å². The summed E-state index contributed by atoms with van der Waals surface area (Å²) in [6, 6.07) is 8.97. The van der Waals surface area contributed by atoms with Crippen molar-refractivity contribution in [3.63, 3.8) is 0 Å². The molecule has 0 spiro atoms. The van der Waals surface area contributed by atoms with Gasteiger partial charge in [0.2, 0.25) is 10.0 Å². The zero-order valence-corrected chi connectivity index (χ0v) is 14.4. The molecule has 0 amide bonds. The van der Waals surface area contributed by atoms with Gasteiger partial charge in [0, 0.05) is 12.7 Å². The van der Waals surface area contributed by atoms with Crippen molar-refractivity contribution in [2.24, 2.45) is 5.14 Å². The number of primary sulfonamides is 1. The second kappa shape index (κ2) is 6.20. The Hall–Kier alpha value is -2.32. The van der Waals surface area contributed by atoms with E-state index in [4.69, 9.17) is 14.6 Å². The number of ether oxygens (including phenoxy) is 2. The molecule has 0 bridgehead atoms. The fourth-order valence-electron chi connectivity index (χ4n) is 3.45. The van der Waals surface area contributed by atoms with Gasteiger partial charge >= 0.3 is 0 Å². The van der Waals surface area contributed by atoms with Gasteiger partial charge in [-0.25, -0.2) is 18.5 Å². The summed E-state index contributed by atoms with van der Waals surface area (Å²) in [6.45, 7) is 1.80. The van der Waals surface area contributed by atoms with E-state index in [1.807, 2.05) is 23.1 Å². The molecule has 25 heavy (non-hydrogen) atoms. The molecule has 7 nitrogen and oxygen atoms in total. The molecule has 3 heterocycles. The van der Waals surface area contributed by atoms with Crippen LogP contribution in [-0.4, -0.2) is 33.2 Å². The van der Waals surface area contributed by atoms with Crippen LogP contribution in [0.25, 0.3) is 0 Å². The van der Waals surface area contributed by atoms with Gasteiger partial charge in [0.1, 0.15) is 23.9 Å². The van der Waals surface area contributed by atoms with Crippen LogP contribution in [0.4, 0.5) is 5.82 Å². The van der Waals surface area contributed by atoms with Crippen molar-refractivity contribution in [3.05, 3.63) is 42.1 Å². The zero-order chi connectivity index (χ0) is 17.4. The Morgan fingerprint density at radius 3 is 2.76 bits per heavy atom. The molecule has 1 saturated heterocycles. The first kappa shape index (κ1) is 16.2. The largest absolute Gasteiger partial charge is 0.486 e. The second-order valence-electron chi connectivity index (χ2n) is 6.12. The van der Waals surface area contributed by atoms with E-state index in [2.05, 4.69) is 4.98 Å². The molecule has 0 saturated carbocycles. The van der Waals surface area contributed by atoms with Crippen LogP contribution in [0.3, 0.4) is 0 Å². The molecule has 0 aliphatic carbocycles. The third-order valence-corrected chi connectivity index (χ3v) is 5.46. The molecule has 8 heteroatoms. The minimum Gasteiger partial charge on any atom is -0.486 e. The molecule has 0 radical (unpaired) electrons. The normalized spacial score (nSPS) is 19.9. The summed E-state index contributed by atoms with van der Waals surface area (Å²) >= 11 is 0. The van der Waals surface area contributed by atoms with Crippen LogP contribution < -0.4 is 19.5 Å². The van der Waals surface area contributed by atoms with Crippen molar-refractivity contribution < 1.29 is 17.9 Å². The number of aromatic nitrogens is 1. The number of nitrogens with zero attached hydrogens (tertiary/aromatic N) is 2. The lowest BCUT2D eigenvalue weighted by atomic mass is 10.0. The van der Waals surface area contributed by atoms with E-state index in [1.165, 1.54) is 6.07 Å². The third kappa shape index (κ3) is 3.03. The van der Waals surface area contributed by atoms with Gasteiger partial charge in [-0.3, -0.25) is 0 Å². The summed E-state index contributed by atoms with van der Waals surface area (Å²) in [7, 11) is -3.84. The van der Waals surface area contributed by atoms with Crippen LogP contribution >= 0.6 is 0 Å². The summed E-state index contributed by atoms with van der Waals surface area (Å²) in [6.07, 6.45) is 3.43. The van der Waals surface area contributed by atoms with Crippen molar-refractivity contribution in [3.8, 4) is 11.5 Å². The highest BCUT2D eigenvalue weighted by atomic mass is 32.2. The van der Waals surface area contributed by atoms with Crippen molar-refractivity contribution in [1.29, 1.82) is 0 Å². The topological polar surface area (TPSA) is 94.8 Å². The number of pyridine rings is 1. The van der Waals surface area contributed by atoms with E-state index in [0.717, 1.165) is 36.4 Å². The monoisotopic (exact) mass is 361 g/mol. The van der Waals surface area contributed by atoms with Crippen LogP contribution in [0.5, 0.6) is 11.5 Å². The molecular weight excluding hydrogens is 342 g/mol. The molecule has 1 atom stereocenters. The van der Waals surface area contributed by atoms with Crippen molar-refractivity contribution in [1.82, 2.24) is 4.98 Å². The molecule has 2 aliphatic heterocycles. The first-order chi connectivity index (χ1) is 12.0. The summed E-state index contributed by atoms with van der Waals surface area (Å²) in [5.41, 5.74) is 1.05. The number of rotatable bonds is 3. The highest BCUT2D eigenvalue weighted by Gasteiger charge is 2.31. The Kier molecular flexibility index (Phi) is 4.01. The number of fused-ring (bicyclic) bond motifs is 1. The van der Waals surface area contributed by atoms with Gasteiger partial charge in [-0.2, -0.15) is 0 Å². The predicted molar refractivity (Wildman–Crippen MR) is 92.4 cm³/mol. The molecule has 1 fully saturated rings. The van der Waals surface area contributed by atoms with Crippen molar-refractivity contribution in [2.45, 2.75) is 23.8 Å². The van der Waals surface area contributed by atoms with Crippen LogP contribution in [-0.2, 0) is 10.0 Å². The van der Waals surface area contributed by atoms with E-state index in [0.29, 0.717) is 19.0 Å². The summed E-state index contributed by atoms with van der Waals surface area (Å²) in [5, 5.41) is 5.37. The third-order valence-electron chi connectivity index (χ3n) is 4.53. The molecule has 2 aliphatic rings. The Morgan fingerprint density at radius 2 is 1.96 bits per heavy atom. The van der Waals surface area contributed by atoms with Gasteiger partial charge in [0.15, 0.2) is 11.5 Å². The van der Waals surface area contributed by atoms with Crippen molar-refractivity contribution in [2.75, 3.05) is 24.7 Å². The standard InChI is InChI=1S/C17H19N3O4S/c18-25(21,22)16-4-1-7-19-17(16)20-8-2-3-13(20)12-5-6-14-15(11-12)24-10-9-23-14/h1,4-7,11,13H,2-3,8-10H2,(H2,18,21,22). The maximum Gasteiger partial charge on any atom is 0.241 e. The first-order valence-electron chi connectivity index (χ1n) is 8.18. The van der Waals surface area contributed by atoms with Crippen LogP contribution in [0.2, 0.25) is 0 Å². The minimum atomic E-state index is -3.84. The lowest BCUT2D eigenvalue weighted by Gasteiger charge is -2.28. The zero-order valence-electron chi connectivity index (χ0n) is 13.6. The molecule has 1 aromatic heterocycles. The summed E-state index contributed by atoms with van der Waals surface area (Å²) in [4.78, 5) is 6.36. The van der Waals surface area contributed by atoms with Gasteiger partial charge in [-0.05, 0) is 42.7 Å². The first-order valence-corrected chi connectivity index (χ1v) is 9.73. The molecule has 2 aromatic rings. The lowest BCUT2D eigenvalue weighted by Crippen LogP contribution is -2.27. The maximum atomic E-state index is 11.9. The quantitative estimate of drug-likeness (QED) is 0.896. The van der Waals surface area contributed by atoms with Crippen LogP contribution in [0, 0.1) is 0 Å². The fourth-order valence-corrected chi connectivity index (χ4v) is 4.15. The number of hydrogen-bond donors (Lipinski definition) is 1. The average Bonchev–Trinajstić information content (AvgIpc) is 3.10. The highest BCUT2D eigenvalue weighted by Crippen LogP contribution is 2.40. The summed E-state index contributed by atoms with van der Waals surface area (Å²) in [5.74, 6) is 1.87. The van der Waals surface area contributed by atoms with Crippen LogP contribution in [0.15, 0.2) is 41.4 Å². The van der Waals surface area contributed by atoms with Gasteiger partial charge in [-0.15, -0.1) is 0 Å². The van der Waals surface area contributed by atoms with E-state index in [9.17, 15) is 8.42 Å². The summed E-state index contributed by atoms with van der Waals surface area (Å²) < 4.78 is 35.1. The Bertz CT molecular complexity index is 901. The van der Waals surface area contributed by atoms with E-state index < -0.39 is 10.0 Å². The molecule has 2 N–H and O–H groups in total. The Morgan fingerprint density at radius 1 is 1.16 bits per heavy atom. The van der Waals surface area contributed by atoms with Gasteiger partial charge in [0.25, 0.3) is 0 Å². The van der Waals surface area contributed by atoms with Gasteiger partial charge in [-0.1, -0.05) is 6.07 Å². The smallest absolute Gasteiger partial charge is 0.241 e. The number of sulfonamides is 1.